The van der Waals surface area contributed by atoms with Crippen LogP contribution < -0.4 is 10.6 Å². The summed E-state index contributed by atoms with van der Waals surface area (Å²) in [7, 11) is 0. The molecule has 0 bridgehead atoms. The second kappa shape index (κ2) is 10.9. The number of hydrogen-bond donors (Lipinski definition) is 3. The number of amides is 3. The topological polar surface area (TPSA) is 108 Å². The minimum atomic E-state index is -0.785. The standard InChI is InChI=1S/C25H27ClFN3O5/c26-18-4-8-22(21(27)13-18)29-24(33)28-19-5-3-17-14-30(10-9-16(17)12-19)25(34)35-20-6-1-15(2-7-20)11-23(31)32/h3-5,8,12-13,15,20H,1-2,6-7,9-11,14H2,(H,31,32)(H2,28,29,33). The highest BCUT2D eigenvalue weighted by Crippen LogP contribution is 2.30. The molecule has 0 aromatic heterocycles. The molecule has 1 heterocycles. The van der Waals surface area contributed by atoms with E-state index >= 15 is 0 Å². The number of rotatable bonds is 5. The third kappa shape index (κ3) is 6.63. The van der Waals surface area contributed by atoms with Gasteiger partial charge in [-0.15, -0.1) is 0 Å². The van der Waals surface area contributed by atoms with E-state index in [9.17, 15) is 18.8 Å². The molecule has 1 saturated carbocycles. The van der Waals surface area contributed by atoms with Gasteiger partial charge in [-0.05, 0) is 79.5 Å². The van der Waals surface area contributed by atoms with Crippen molar-refractivity contribution >= 4 is 41.1 Å². The maximum Gasteiger partial charge on any atom is 0.410 e. The summed E-state index contributed by atoms with van der Waals surface area (Å²) in [6.45, 7) is 0.900. The van der Waals surface area contributed by atoms with Gasteiger partial charge in [0.1, 0.15) is 11.9 Å². The summed E-state index contributed by atoms with van der Waals surface area (Å²) in [4.78, 5) is 37.5. The normalized spacial score (nSPS) is 19.4. The van der Waals surface area contributed by atoms with E-state index in [4.69, 9.17) is 21.4 Å². The van der Waals surface area contributed by atoms with Crippen molar-refractivity contribution < 1.29 is 28.6 Å². The number of carbonyl (C=O) groups excluding carboxylic acids is 2. The van der Waals surface area contributed by atoms with Crippen LogP contribution in [0.1, 0.15) is 43.2 Å². The molecule has 3 amide bonds. The van der Waals surface area contributed by atoms with Crippen molar-refractivity contribution in [2.75, 3.05) is 17.2 Å². The van der Waals surface area contributed by atoms with Gasteiger partial charge in [0.2, 0.25) is 0 Å². The molecule has 8 nitrogen and oxygen atoms in total. The second-order valence-electron chi connectivity index (χ2n) is 8.98. The molecule has 1 aliphatic heterocycles. The van der Waals surface area contributed by atoms with E-state index in [1.807, 2.05) is 12.1 Å². The molecule has 4 rings (SSSR count). The molecule has 1 aliphatic carbocycles. The summed E-state index contributed by atoms with van der Waals surface area (Å²) < 4.78 is 19.6. The zero-order valence-corrected chi connectivity index (χ0v) is 19.8. The lowest BCUT2D eigenvalue weighted by molar-refractivity contribution is -0.138. The van der Waals surface area contributed by atoms with Gasteiger partial charge in [0, 0.05) is 30.2 Å². The van der Waals surface area contributed by atoms with E-state index in [0.29, 0.717) is 38.0 Å². The fourth-order valence-electron chi connectivity index (χ4n) is 4.58. The highest BCUT2D eigenvalue weighted by Gasteiger charge is 2.28. The van der Waals surface area contributed by atoms with Crippen molar-refractivity contribution in [2.45, 2.75) is 51.2 Å². The Bertz CT molecular complexity index is 1120. The highest BCUT2D eigenvalue weighted by molar-refractivity contribution is 6.30. The zero-order chi connectivity index (χ0) is 24.9. The average Bonchev–Trinajstić information content (AvgIpc) is 2.81. The average molecular weight is 504 g/mol. The fraction of sp³-hybridized carbons (Fsp3) is 0.400. The molecule has 35 heavy (non-hydrogen) atoms. The van der Waals surface area contributed by atoms with Crippen LogP contribution in [0, 0.1) is 11.7 Å². The molecule has 0 saturated heterocycles. The predicted molar refractivity (Wildman–Crippen MR) is 129 cm³/mol. The van der Waals surface area contributed by atoms with E-state index in [2.05, 4.69) is 10.6 Å². The fourth-order valence-corrected chi connectivity index (χ4v) is 4.74. The first-order valence-corrected chi connectivity index (χ1v) is 12.0. The number of hydrogen-bond acceptors (Lipinski definition) is 4. The van der Waals surface area contributed by atoms with Gasteiger partial charge >= 0.3 is 18.1 Å². The van der Waals surface area contributed by atoms with Gasteiger partial charge in [-0.25, -0.2) is 14.0 Å². The number of carboxylic acids is 1. The van der Waals surface area contributed by atoms with Crippen molar-refractivity contribution in [2.24, 2.45) is 5.92 Å². The Balaban J connectivity index is 1.28. The number of anilines is 2. The molecule has 0 unspecified atom stereocenters. The second-order valence-corrected chi connectivity index (χ2v) is 9.42. The monoisotopic (exact) mass is 503 g/mol. The summed E-state index contributed by atoms with van der Waals surface area (Å²) in [6, 6.07) is 8.85. The summed E-state index contributed by atoms with van der Waals surface area (Å²) >= 11 is 5.73. The number of halogens is 2. The zero-order valence-electron chi connectivity index (χ0n) is 19.1. The lowest BCUT2D eigenvalue weighted by atomic mass is 9.85. The number of benzene rings is 2. The first-order valence-electron chi connectivity index (χ1n) is 11.6. The van der Waals surface area contributed by atoms with Gasteiger partial charge in [-0.3, -0.25) is 4.79 Å². The summed E-state index contributed by atoms with van der Waals surface area (Å²) in [6.07, 6.45) is 3.12. The summed E-state index contributed by atoms with van der Waals surface area (Å²) in [5.74, 6) is -1.26. The van der Waals surface area contributed by atoms with E-state index in [1.165, 1.54) is 12.1 Å². The van der Waals surface area contributed by atoms with Gasteiger partial charge < -0.3 is 25.4 Å². The van der Waals surface area contributed by atoms with Gasteiger partial charge in [0.05, 0.1) is 5.69 Å². The van der Waals surface area contributed by atoms with Gasteiger partial charge in [0.15, 0.2) is 0 Å². The molecule has 0 radical (unpaired) electrons. The van der Waals surface area contributed by atoms with Gasteiger partial charge in [-0.2, -0.15) is 0 Å². The number of carboxylic acid groups (broad SMARTS) is 1. The smallest absolute Gasteiger partial charge is 0.410 e. The van der Waals surface area contributed by atoms with Crippen LogP contribution in [0.25, 0.3) is 0 Å². The predicted octanol–water partition coefficient (Wildman–Crippen LogP) is 5.65. The maximum absolute atomic E-state index is 13.9. The van der Waals surface area contributed by atoms with E-state index in [-0.39, 0.29) is 35.2 Å². The molecule has 2 aromatic carbocycles. The Labute approximate surface area is 207 Å². The molecule has 0 atom stereocenters. The number of aliphatic carboxylic acids is 1. The Morgan fingerprint density at radius 2 is 1.83 bits per heavy atom. The summed E-state index contributed by atoms with van der Waals surface area (Å²) in [5, 5.41) is 14.3. The largest absolute Gasteiger partial charge is 0.481 e. The van der Waals surface area contributed by atoms with Crippen molar-refractivity contribution in [1.29, 1.82) is 0 Å². The van der Waals surface area contributed by atoms with Crippen LogP contribution in [-0.2, 0) is 22.5 Å². The van der Waals surface area contributed by atoms with Crippen LogP contribution in [0.15, 0.2) is 36.4 Å². The third-order valence-electron chi connectivity index (χ3n) is 6.44. The highest BCUT2D eigenvalue weighted by atomic mass is 35.5. The molecular weight excluding hydrogens is 477 g/mol. The first kappa shape index (κ1) is 24.8. The van der Waals surface area contributed by atoms with E-state index in [0.717, 1.165) is 30.0 Å². The van der Waals surface area contributed by atoms with Crippen LogP contribution in [-0.4, -0.2) is 40.7 Å². The van der Waals surface area contributed by atoms with Crippen LogP contribution in [0.4, 0.5) is 25.4 Å². The lowest BCUT2D eigenvalue weighted by Gasteiger charge is -2.32. The van der Waals surface area contributed by atoms with E-state index < -0.39 is 17.8 Å². The van der Waals surface area contributed by atoms with E-state index in [1.54, 1.807) is 11.0 Å². The Hall–Kier alpha value is -3.33. The van der Waals surface area contributed by atoms with Crippen molar-refractivity contribution in [3.63, 3.8) is 0 Å². The molecule has 1 fully saturated rings. The first-order chi connectivity index (χ1) is 16.8. The SMILES string of the molecule is O=C(O)CC1CCC(OC(=O)N2CCc3cc(NC(=O)Nc4ccc(Cl)cc4F)ccc3C2)CC1. The number of nitrogens with zero attached hydrogens (tertiary/aromatic N) is 1. The molecule has 0 spiro atoms. The van der Waals surface area contributed by atoms with Gasteiger partial charge in [-0.1, -0.05) is 17.7 Å². The Morgan fingerprint density at radius 1 is 1.06 bits per heavy atom. The van der Waals surface area contributed by atoms with Crippen LogP contribution in [0.3, 0.4) is 0 Å². The van der Waals surface area contributed by atoms with Crippen LogP contribution >= 0.6 is 11.6 Å². The minimum absolute atomic E-state index is 0.0226. The van der Waals surface area contributed by atoms with Crippen molar-refractivity contribution in [3.8, 4) is 0 Å². The van der Waals surface area contributed by atoms with Crippen LogP contribution in [0.2, 0.25) is 5.02 Å². The third-order valence-corrected chi connectivity index (χ3v) is 6.67. The molecule has 186 valence electrons. The Kier molecular flexibility index (Phi) is 7.75. The molecule has 3 N–H and O–H groups in total. The number of nitrogens with one attached hydrogen (secondary N) is 2. The van der Waals surface area contributed by atoms with Crippen molar-refractivity contribution in [3.05, 3.63) is 58.4 Å². The number of urea groups is 1. The quantitative estimate of drug-likeness (QED) is 0.488. The lowest BCUT2D eigenvalue weighted by Crippen LogP contribution is -2.39. The van der Waals surface area contributed by atoms with Gasteiger partial charge in [0.25, 0.3) is 0 Å². The molecule has 10 heteroatoms. The number of fused-ring (bicyclic) bond motifs is 1. The number of carbonyl (C=O) groups is 3. The molecule has 2 aliphatic rings. The molecular formula is C25H27ClFN3O5. The molecule has 2 aromatic rings. The summed E-state index contributed by atoms with van der Waals surface area (Å²) in [5.41, 5.74) is 2.56. The minimum Gasteiger partial charge on any atom is -0.481 e. The Morgan fingerprint density at radius 3 is 2.54 bits per heavy atom. The maximum atomic E-state index is 13.9. The number of ether oxygens (including phenoxy) is 1. The van der Waals surface area contributed by atoms with Crippen molar-refractivity contribution in [1.82, 2.24) is 4.90 Å². The van der Waals surface area contributed by atoms with Crippen LogP contribution in [0.5, 0.6) is 0 Å².